The third-order valence-corrected chi connectivity index (χ3v) is 7.33. The molecule has 0 saturated heterocycles. The highest BCUT2D eigenvalue weighted by Gasteiger charge is 2.23. The molecule has 0 N–H and O–H groups in total. The Kier molecular flexibility index (Phi) is 4.78. The number of rotatable bonds is 4. The lowest BCUT2D eigenvalue weighted by molar-refractivity contribution is 0.599. The number of hydrogen-bond acceptors (Lipinski definition) is 6. The summed E-state index contributed by atoms with van der Waals surface area (Å²) in [6.45, 7) is 1.28. The summed E-state index contributed by atoms with van der Waals surface area (Å²) < 4.78 is 47.9. The van der Waals surface area contributed by atoms with E-state index in [1.54, 1.807) is 17.4 Å². The molecule has 25 heavy (non-hydrogen) atoms. The molecule has 1 aliphatic rings. The standard InChI is InChI=1S/C17H19NO4S3/c1-24(19,20)14-5-6-15(17(12-14)25(2,21)22)18-9-7-13(8-10-18)16-4-3-11-23-16/h3-7,11-12H,8-10H2,1-2H3. The van der Waals surface area contributed by atoms with E-state index in [4.69, 9.17) is 0 Å². The average molecular weight is 398 g/mol. The van der Waals surface area contributed by atoms with Gasteiger partial charge in [0.05, 0.1) is 15.5 Å². The second-order valence-electron chi connectivity index (χ2n) is 6.08. The monoisotopic (exact) mass is 397 g/mol. The Balaban J connectivity index is 1.98. The first kappa shape index (κ1) is 18.2. The second-order valence-corrected chi connectivity index (χ2v) is 11.0. The van der Waals surface area contributed by atoms with Crippen molar-refractivity contribution in [3.05, 3.63) is 46.7 Å². The minimum Gasteiger partial charge on any atom is -0.366 e. The van der Waals surface area contributed by atoms with Crippen LogP contribution in [0.5, 0.6) is 0 Å². The van der Waals surface area contributed by atoms with Gasteiger partial charge in [-0.25, -0.2) is 16.8 Å². The third-order valence-electron chi connectivity index (χ3n) is 4.15. The smallest absolute Gasteiger partial charge is 0.177 e. The van der Waals surface area contributed by atoms with Crippen molar-refractivity contribution >= 4 is 42.3 Å². The van der Waals surface area contributed by atoms with E-state index in [1.807, 2.05) is 16.3 Å². The van der Waals surface area contributed by atoms with Crippen molar-refractivity contribution in [2.45, 2.75) is 16.2 Å². The van der Waals surface area contributed by atoms with E-state index in [-0.39, 0.29) is 9.79 Å². The zero-order valence-electron chi connectivity index (χ0n) is 14.0. The van der Waals surface area contributed by atoms with Crippen LogP contribution in [0.1, 0.15) is 11.3 Å². The lowest BCUT2D eigenvalue weighted by Crippen LogP contribution is -2.29. The molecule has 0 saturated carbocycles. The van der Waals surface area contributed by atoms with Gasteiger partial charge in [0.15, 0.2) is 19.7 Å². The summed E-state index contributed by atoms with van der Waals surface area (Å²) >= 11 is 1.69. The van der Waals surface area contributed by atoms with Crippen LogP contribution < -0.4 is 4.90 Å². The molecule has 2 heterocycles. The van der Waals surface area contributed by atoms with Gasteiger partial charge in [-0.15, -0.1) is 11.3 Å². The van der Waals surface area contributed by atoms with Crippen molar-refractivity contribution in [1.82, 2.24) is 0 Å². The lowest BCUT2D eigenvalue weighted by atomic mass is 10.1. The summed E-state index contributed by atoms with van der Waals surface area (Å²) in [6, 6.07) is 8.42. The van der Waals surface area contributed by atoms with Gasteiger partial charge in [0.25, 0.3) is 0 Å². The van der Waals surface area contributed by atoms with Crippen LogP contribution >= 0.6 is 11.3 Å². The Labute approximate surface area is 152 Å². The van der Waals surface area contributed by atoms with Crippen LogP contribution in [0, 0.1) is 0 Å². The molecule has 0 fully saturated rings. The first-order valence-electron chi connectivity index (χ1n) is 7.68. The zero-order valence-corrected chi connectivity index (χ0v) is 16.4. The fourth-order valence-electron chi connectivity index (χ4n) is 2.86. The van der Waals surface area contributed by atoms with Gasteiger partial charge in [0, 0.05) is 30.5 Å². The van der Waals surface area contributed by atoms with Crippen molar-refractivity contribution in [3.8, 4) is 0 Å². The van der Waals surface area contributed by atoms with Crippen molar-refractivity contribution in [2.24, 2.45) is 0 Å². The largest absolute Gasteiger partial charge is 0.366 e. The number of benzene rings is 1. The fraction of sp³-hybridized carbons (Fsp3) is 0.294. The number of sulfone groups is 2. The first-order chi connectivity index (χ1) is 11.7. The van der Waals surface area contributed by atoms with E-state index in [0.29, 0.717) is 18.8 Å². The lowest BCUT2D eigenvalue weighted by Gasteiger charge is -2.29. The number of nitrogens with zero attached hydrogens (tertiary/aromatic N) is 1. The van der Waals surface area contributed by atoms with E-state index in [1.165, 1.54) is 22.6 Å². The molecule has 1 aromatic carbocycles. The molecule has 1 aliphatic heterocycles. The Bertz CT molecular complexity index is 1020. The van der Waals surface area contributed by atoms with Crippen LogP contribution in [0.3, 0.4) is 0 Å². The third kappa shape index (κ3) is 3.96. The Morgan fingerprint density at radius 1 is 1.04 bits per heavy atom. The maximum absolute atomic E-state index is 12.2. The van der Waals surface area contributed by atoms with Gasteiger partial charge in [-0.2, -0.15) is 0 Å². The summed E-state index contributed by atoms with van der Waals surface area (Å²) in [7, 11) is -7.01. The molecule has 0 aliphatic carbocycles. The van der Waals surface area contributed by atoms with E-state index < -0.39 is 19.7 Å². The van der Waals surface area contributed by atoms with Gasteiger partial charge < -0.3 is 4.90 Å². The van der Waals surface area contributed by atoms with Gasteiger partial charge in [-0.3, -0.25) is 0 Å². The van der Waals surface area contributed by atoms with E-state index in [2.05, 4.69) is 12.1 Å². The molecular formula is C17H19NO4S3. The maximum atomic E-state index is 12.2. The summed E-state index contributed by atoms with van der Waals surface area (Å²) in [5.41, 5.74) is 1.82. The van der Waals surface area contributed by atoms with Crippen LogP contribution in [-0.2, 0) is 19.7 Å². The zero-order chi connectivity index (χ0) is 18.2. The average Bonchev–Trinajstić information content (AvgIpc) is 3.07. The predicted octanol–water partition coefficient (Wildman–Crippen LogP) is 2.85. The second kappa shape index (κ2) is 6.59. The SMILES string of the molecule is CS(=O)(=O)c1ccc(N2CC=C(c3cccs3)CC2)c(S(C)(=O)=O)c1. The molecule has 2 aromatic rings. The van der Waals surface area contributed by atoms with Crippen LogP contribution in [0.25, 0.3) is 5.57 Å². The summed E-state index contributed by atoms with van der Waals surface area (Å²) in [5, 5.41) is 2.04. The highest BCUT2D eigenvalue weighted by molar-refractivity contribution is 7.91. The van der Waals surface area contributed by atoms with E-state index in [0.717, 1.165) is 18.9 Å². The number of anilines is 1. The molecule has 1 aromatic heterocycles. The summed E-state index contributed by atoms with van der Waals surface area (Å²) in [5.74, 6) is 0. The van der Waals surface area contributed by atoms with Crippen LogP contribution in [-0.4, -0.2) is 42.4 Å². The molecule has 0 radical (unpaired) electrons. The molecule has 134 valence electrons. The molecule has 3 rings (SSSR count). The Hall–Kier alpha value is -1.64. The molecule has 0 bridgehead atoms. The van der Waals surface area contributed by atoms with Gasteiger partial charge in [0.2, 0.25) is 0 Å². The van der Waals surface area contributed by atoms with Gasteiger partial charge in [-0.1, -0.05) is 12.1 Å². The molecule has 0 unspecified atom stereocenters. The van der Waals surface area contributed by atoms with Crippen molar-refractivity contribution < 1.29 is 16.8 Å². The van der Waals surface area contributed by atoms with Crippen molar-refractivity contribution in [2.75, 3.05) is 30.5 Å². The van der Waals surface area contributed by atoms with Crippen molar-refractivity contribution in [3.63, 3.8) is 0 Å². The molecule has 0 spiro atoms. The fourth-order valence-corrected chi connectivity index (χ4v) is 5.29. The normalized spacial score (nSPS) is 15.9. The number of thiophene rings is 1. The topological polar surface area (TPSA) is 71.5 Å². The molecule has 0 amide bonds. The Morgan fingerprint density at radius 3 is 2.32 bits per heavy atom. The first-order valence-corrected chi connectivity index (χ1v) is 12.3. The quantitative estimate of drug-likeness (QED) is 0.793. The maximum Gasteiger partial charge on any atom is 0.177 e. The summed E-state index contributed by atoms with van der Waals surface area (Å²) in [6.07, 6.45) is 5.10. The van der Waals surface area contributed by atoms with E-state index in [9.17, 15) is 16.8 Å². The number of hydrogen-bond donors (Lipinski definition) is 0. The highest BCUT2D eigenvalue weighted by atomic mass is 32.2. The Morgan fingerprint density at radius 2 is 1.80 bits per heavy atom. The van der Waals surface area contributed by atoms with Crippen LogP contribution in [0.4, 0.5) is 5.69 Å². The molecular weight excluding hydrogens is 378 g/mol. The van der Waals surface area contributed by atoms with Gasteiger partial charge in [-0.05, 0) is 41.6 Å². The highest BCUT2D eigenvalue weighted by Crippen LogP contribution is 2.32. The van der Waals surface area contributed by atoms with Gasteiger partial charge in [0.1, 0.15) is 0 Å². The molecule has 8 heteroatoms. The van der Waals surface area contributed by atoms with Crippen LogP contribution in [0.15, 0.2) is 51.6 Å². The minimum absolute atomic E-state index is 0.0171. The van der Waals surface area contributed by atoms with E-state index >= 15 is 0 Å². The predicted molar refractivity (Wildman–Crippen MR) is 102 cm³/mol. The molecule has 5 nitrogen and oxygen atoms in total. The van der Waals surface area contributed by atoms with Crippen molar-refractivity contribution in [1.29, 1.82) is 0 Å². The molecule has 0 atom stereocenters. The summed E-state index contributed by atoms with van der Waals surface area (Å²) in [4.78, 5) is 3.28. The minimum atomic E-state index is -3.55. The van der Waals surface area contributed by atoms with Gasteiger partial charge >= 0.3 is 0 Å². The van der Waals surface area contributed by atoms with Crippen LogP contribution in [0.2, 0.25) is 0 Å².